The molecule has 6 nitrogen and oxygen atoms in total. The van der Waals surface area contributed by atoms with Crippen LogP contribution in [-0.4, -0.2) is 51.1 Å². The van der Waals surface area contributed by atoms with Crippen LogP contribution >= 0.6 is 0 Å². The third-order valence-electron chi connectivity index (χ3n) is 2.75. The largest absolute Gasteiger partial charge is 0.408 e. The predicted molar refractivity (Wildman–Crippen MR) is 76.7 cm³/mol. The Labute approximate surface area is 139 Å². The van der Waals surface area contributed by atoms with Gasteiger partial charge in [0, 0.05) is 6.42 Å². The van der Waals surface area contributed by atoms with Gasteiger partial charge < -0.3 is 15.7 Å². The van der Waals surface area contributed by atoms with E-state index in [1.54, 1.807) is 0 Å². The lowest BCUT2D eigenvalue weighted by Gasteiger charge is -2.19. The zero-order valence-corrected chi connectivity index (χ0v) is 13.1. The Bertz CT molecular complexity index is 596. The van der Waals surface area contributed by atoms with Gasteiger partial charge in [0.25, 0.3) is 0 Å². The van der Waals surface area contributed by atoms with E-state index in [2.05, 4.69) is 26.8 Å². The Balaban J connectivity index is 3.13. The van der Waals surface area contributed by atoms with E-state index in [0.29, 0.717) is 0 Å². The lowest BCUT2D eigenvalue weighted by atomic mass is 10.3. The molecule has 0 amide bonds. The van der Waals surface area contributed by atoms with Crippen molar-refractivity contribution in [2.24, 2.45) is 0 Å². The summed E-state index contributed by atoms with van der Waals surface area (Å²) in [5, 5.41) is 12.5. The van der Waals surface area contributed by atoms with E-state index < -0.39 is 36.3 Å². The standard InChI is InChI=1S/C13H15F6N5O/c1-7(12(14,15)16)20-10-22-9(5-3-4-6-25)23-11(24-10)21-8(2)13(17,18)19/h7-8,25H,4,6H2,1-2H3,(H2,20,21,22,23,24)/t7-,8-/m1/s1. The maximum Gasteiger partial charge on any atom is 0.408 e. The number of rotatable bonds is 5. The molecule has 0 saturated carbocycles. The minimum atomic E-state index is -4.61. The van der Waals surface area contributed by atoms with Gasteiger partial charge in [-0.05, 0) is 19.8 Å². The number of alkyl halides is 6. The summed E-state index contributed by atoms with van der Waals surface area (Å²) in [6, 6.07) is -4.08. The van der Waals surface area contributed by atoms with Crippen LogP contribution < -0.4 is 10.6 Å². The third kappa shape index (κ3) is 7.00. The van der Waals surface area contributed by atoms with E-state index in [4.69, 9.17) is 5.11 Å². The molecule has 12 heteroatoms. The number of nitrogens with zero attached hydrogens (tertiary/aromatic N) is 3. The number of aromatic nitrogens is 3. The Morgan fingerprint density at radius 1 is 0.920 bits per heavy atom. The highest BCUT2D eigenvalue weighted by molar-refractivity contribution is 5.39. The molecule has 1 rings (SSSR count). The van der Waals surface area contributed by atoms with E-state index in [9.17, 15) is 26.3 Å². The fraction of sp³-hybridized carbons (Fsp3) is 0.615. The Kier molecular flexibility index (Phi) is 6.80. The summed E-state index contributed by atoms with van der Waals surface area (Å²) in [4.78, 5) is 10.7. The Morgan fingerprint density at radius 2 is 1.36 bits per heavy atom. The van der Waals surface area contributed by atoms with E-state index in [0.717, 1.165) is 13.8 Å². The van der Waals surface area contributed by atoms with Crippen LogP contribution in [0.3, 0.4) is 0 Å². The first-order chi connectivity index (χ1) is 11.4. The van der Waals surface area contributed by atoms with Gasteiger partial charge in [0.1, 0.15) is 12.1 Å². The van der Waals surface area contributed by atoms with Crippen molar-refractivity contribution in [2.45, 2.75) is 44.7 Å². The average Bonchev–Trinajstić information content (AvgIpc) is 2.45. The van der Waals surface area contributed by atoms with Gasteiger partial charge in [-0.1, -0.05) is 5.92 Å². The van der Waals surface area contributed by atoms with Crippen LogP contribution in [0.2, 0.25) is 0 Å². The normalized spacial score (nSPS) is 14.3. The highest BCUT2D eigenvalue weighted by atomic mass is 19.4. The van der Waals surface area contributed by atoms with E-state index in [1.165, 1.54) is 0 Å². The number of aliphatic hydroxyl groups is 1. The molecule has 0 aromatic carbocycles. The van der Waals surface area contributed by atoms with Crippen molar-refractivity contribution in [1.82, 2.24) is 15.0 Å². The maximum absolute atomic E-state index is 12.6. The number of hydrogen-bond acceptors (Lipinski definition) is 6. The molecule has 25 heavy (non-hydrogen) atoms. The van der Waals surface area contributed by atoms with Crippen molar-refractivity contribution < 1.29 is 31.4 Å². The average molecular weight is 371 g/mol. The lowest BCUT2D eigenvalue weighted by molar-refractivity contribution is -0.139. The van der Waals surface area contributed by atoms with Gasteiger partial charge in [0.15, 0.2) is 0 Å². The fourth-order valence-corrected chi connectivity index (χ4v) is 1.31. The SMILES string of the molecule is C[C@@H](Nc1nc(C#CCCO)nc(N[C@H](C)C(F)(F)F)n1)C(F)(F)F. The van der Waals surface area contributed by atoms with Crippen LogP contribution in [0.15, 0.2) is 0 Å². The van der Waals surface area contributed by atoms with Crippen LogP contribution in [0.25, 0.3) is 0 Å². The minimum absolute atomic E-state index is 0.0368. The topological polar surface area (TPSA) is 83.0 Å². The quantitative estimate of drug-likeness (QED) is 0.544. The van der Waals surface area contributed by atoms with Gasteiger partial charge in [0.05, 0.1) is 6.61 Å². The maximum atomic E-state index is 12.6. The molecule has 0 radical (unpaired) electrons. The molecule has 2 atom stereocenters. The molecule has 0 saturated heterocycles. The number of anilines is 2. The molecule has 140 valence electrons. The summed E-state index contributed by atoms with van der Waals surface area (Å²) >= 11 is 0. The molecule has 3 N–H and O–H groups in total. The van der Waals surface area contributed by atoms with Crippen LogP contribution in [0.5, 0.6) is 0 Å². The van der Waals surface area contributed by atoms with Gasteiger partial charge >= 0.3 is 12.4 Å². The smallest absolute Gasteiger partial charge is 0.395 e. The molecule has 1 heterocycles. The van der Waals surface area contributed by atoms with Crippen LogP contribution in [0.1, 0.15) is 26.1 Å². The van der Waals surface area contributed by atoms with E-state index >= 15 is 0 Å². The number of aliphatic hydroxyl groups excluding tert-OH is 1. The molecular weight excluding hydrogens is 356 g/mol. The molecule has 0 aliphatic heterocycles. The number of hydrogen-bond donors (Lipinski definition) is 3. The molecule has 1 aromatic rings. The summed E-state index contributed by atoms with van der Waals surface area (Å²) in [6.45, 7) is 1.32. The van der Waals surface area contributed by atoms with Gasteiger partial charge in [-0.2, -0.15) is 41.3 Å². The molecule has 0 spiro atoms. The zero-order chi connectivity index (χ0) is 19.3. The highest BCUT2D eigenvalue weighted by Crippen LogP contribution is 2.24. The second-order valence-electron chi connectivity index (χ2n) is 4.90. The summed E-state index contributed by atoms with van der Waals surface area (Å²) in [6.07, 6.45) is -9.18. The van der Waals surface area contributed by atoms with Crippen molar-refractivity contribution in [3.05, 3.63) is 5.82 Å². The Morgan fingerprint density at radius 3 is 1.72 bits per heavy atom. The second kappa shape index (κ2) is 8.19. The van der Waals surface area contributed by atoms with E-state index in [-0.39, 0.29) is 18.9 Å². The lowest BCUT2D eigenvalue weighted by Crippen LogP contribution is -2.35. The molecule has 1 aromatic heterocycles. The highest BCUT2D eigenvalue weighted by Gasteiger charge is 2.38. The van der Waals surface area contributed by atoms with Gasteiger partial charge in [-0.15, -0.1) is 0 Å². The molecule has 0 unspecified atom stereocenters. The first-order valence-corrected chi connectivity index (χ1v) is 6.95. The zero-order valence-electron chi connectivity index (χ0n) is 13.1. The minimum Gasteiger partial charge on any atom is -0.395 e. The first-order valence-electron chi connectivity index (χ1n) is 6.95. The van der Waals surface area contributed by atoms with Gasteiger partial charge in [0.2, 0.25) is 17.7 Å². The first kappa shape index (κ1) is 20.8. The molecule has 0 aliphatic rings. The van der Waals surface area contributed by atoms with Crippen molar-refractivity contribution in [1.29, 1.82) is 0 Å². The summed E-state index contributed by atoms with van der Waals surface area (Å²) < 4.78 is 75.6. The van der Waals surface area contributed by atoms with Crippen molar-refractivity contribution >= 4 is 11.9 Å². The van der Waals surface area contributed by atoms with Gasteiger partial charge in [-0.25, -0.2) is 0 Å². The van der Waals surface area contributed by atoms with Crippen LogP contribution in [0.4, 0.5) is 38.2 Å². The van der Waals surface area contributed by atoms with Gasteiger partial charge in [-0.3, -0.25) is 0 Å². The van der Waals surface area contributed by atoms with Crippen molar-refractivity contribution in [3.8, 4) is 11.8 Å². The second-order valence-corrected chi connectivity index (χ2v) is 4.90. The summed E-state index contributed by atoms with van der Waals surface area (Å²) in [7, 11) is 0. The summed E-state index contributed by atoms with van der Waals surface area (Å²) in [5.74, 6) is 3.26. The van der Waals surface area contributed by atoms with E-state index in [1.807, 2.05) is 10.6 Å². The van der Waals surface area contributed by atoms with Crippen LogP contribution in [0, 0.1) is 11.8 Å². The number of nitrogens with one attached hydrogen (secondary N) is 2. The predicted octanol–water partition coefficient (Wildman–Crippen LogP) is 2.33. The third-order valence-corrected chi connectivity index (χ3v) is 2.75. The molecule has 0 aliphatic carbocycles. The summed E-state index contributed by atoms with van der Waals surface area (Å²) in [5.41, 5.74) is 0. The Hall–Kier alpha value is -2.29. The molecule has 0 bridgehead atoms. The molecule has 0 fully saturated rings. The number of halogens is 6. The molecular formula is C13H15F6N5O. The van der Waals surface area contributed by atoms with Crippen molar-refractivity contribution in [3.63, 3.8) is 0 Å². The fourth-order valence-electron chi connectivity index (χ4n) is 1.31. The van der Waals surface area contributed by atoms with Crippen LogP contribution in [-0.2, 0) is 0 Å². The van der Waals surface area contributed by atoms with Crippen molar-refractivity contribution in [2.75, 3.05) is 17.2 Å². The monoisotopic (exact) mass is 371 g/mol.